The Balaban J connectivity index is 1.96. The highest BCUT2D eigenvalue weighted by molar-refractivity contribution is 7.94. The Hall–Kier alpha value is -3.84. The Morgan fingerprint density at radius 2 is 1.70 bits per heavy atom. The molecule has 2 heterocycles. The van der Waals surface area contributed by atoms with Crippen LogP contribution >= 0.6 is 11.6 Å². The molecular weight excluding hydrogens is 577 g/mol. The van der Waals surface area contributed by atoms with Crippen molar-refractivity contribution in [1.82, 2.24) is 24.5 Å². The zero-order valence-electron chi connectivity index (χ0n) is 21.2. The number of benzene rings is 2. The first-order chi connectivity index (χ1) is 18.5. The summed E-state index contributed by atoms with van der Waals surface area (Å²) in [5, 5.41) is 7.73. The Labute approximate surface area is 231 Å². The summed E-state index contributed by atoms with van der Waals surface area (Å²) in [4.78, 5) is 3.57. The number of rotatable bonds is 7. The van der Waals surface area contributed by atoms with Crippen molar-refractivity contribution in [1.29, 1.82) is 0 Å². The summed E-state index contributed by atoms with van der Waals surface area (Å²) >= 11 is 5.85. The van der Waals surface area contributed by atoms with Crippen molar-refractivity contribution in [3.63, 3.8) is 0 Å². The predicted octanol–water partition coefficient (Wildman–Crippen LogP) is 6.54. The number of halogens is 6. The van der Waals surface area contributed by atoms with Crippen LogP contribution in [-0.4, -0.2) is 39.2 Å². The maximum atomic E-state index is 15.7. The standard InChI is InChI=1S/C26H21ClF5N5O2S/c1-15(11-16(2)40(4,38)39)18-5-10-21(36-14-23(26(30,31)32)34-17(36)3)22(12-18)37-24(13-33-35-37)25(28,29)19-6-8-20(27)9-7-19/h5-14H,1H2,2-4H3/b16-11+. The van der Waals surface area contributed by atoms with Crippen LogP contribution in [0.4, 0.5) is 22.0 Å². The first kappa shape index (κ1) is 29.2. The summed E-state index contributed by atoms with van der Waals surface area (Å²) in [5.74, 6) is -3.72. The molecule has 0 saturated heterocycles. The van der Waals surface area contributed by atoms with Gasteiger partial charge in [0.2, 0.25) is 0 Å². The smallest absolute Gasteiger partial charge is 0.301 e. The molecule has 0 unspecified atom stereocenters. The lowest BCUT2D eigenvalue weighted by Crippen LogP contribution is -2.21. The van der Waals surface area contributed by atoms with Crippen LogP contribution in [-0.2, 0) is 21.9 Å². The van der Waals surface area contributed by atoms with E-state index in [2.05, 4.69) is 21.9 Å². The second-order valence-electron chi connectivity index (χ2n) is 8.91. The van der Waals surface area contributed by atoms with Gasteiger partial charge in [0.1, 0.15) is 11.5 Å². The quantitative estimate of drug-likeness (QED) is 0.179. The van der Waals surface area contributed by atoms with Crippen LogP contribution in [0.2, 0.25) is 5.02 Å². The predicted molar refractivity (Wildman–Crippen MR) is 140 cm³/mol. The number of hydrogen-bond donors (Lipinski definition) is 0. The van der Waals surface area contributed by atoms with E-state index >= 15 is 8.78 Å². The van der Waals surface area contributed by atoms with E-state index in [9.17, 15) is 21.6 Å². The fraction of sp³-hybridized carbons (Fsp3) is 0.192. The maximum Gasteiger partial charge on any atom is 0.434 e. The summed E-state index contributed by atoms with van der Waals surface area (Å²) in [5.41, 5.74) is -1.84. The van der Waals surface area contributed by atoms with E-state index in [1.54, 1.807) is 0 Å². The summed E-state index contributed by atoms with van der Waals surface area (Å²) < 4.78 is 97.4. The maximum absolute atomic E-state index is 15.7. The Morgan fingerprint density at radius 3 is 2.27 bits per heavy atom. The largest absolute Gasteiger partial charge is 0.434 e. The van der Waals surface area contributed by atoms with E-state index in [0.29, 0.717) is 5.56 Å². The summed E-state index contributed by atoms with van der Waals surface area (Å²) in [6.45, 7) is 6.56. The molecule has 2 aromatic carbocycles. The molecule has 4 rings (SSSR count). The molecule has 4 aromatic rings. The number of imidazole rings is 1. The van der Waals surface area contributed by atoms with Gasteiger partial charge in [-0.1, -0.05) is 41.6 Å². The zero-order chi connectivity index (χ0) is 29.6. The van der Waals surface area contributed by atoms with Crippen molar-refractivity contribution in [3.8, 4) is 11.4 Å². The van der Waals surface area contributed by atoms with Crippen molar-refractivity contribution in [2.75, 3.05) is 6.26 Å². The van der Waals surface area contributed by atoms with Gasteiger partial charge in [-0.25, -0.2) is 18.1 Å². The minimum atomic E-state index is -4.75. The van der Waals surface area contributed by atoms with E-state index in [-0.39, 0.29) is 32.7 Å². The molecule has 0 aliphatic carbocycles. The molecule has 0 aliphatic heterocycles. The van der Waals surface area contributed by atoms with Crippen LogP contribution in [0.15, 0.2) is 72.4 Å². The second-order valence-corrected chi connectivity index (χ2v) is 11.5. The van der Waals surface area contributed by atoms with Gasteiger partial charge in [-0.05, 0) is 55.3 Å². The lowest BCUT2D eigenvalue weighted by molar-refractivity contribution is -0.141. The van der Waals surface area contributed by atoms with Gasteiger partial charge in [-0.15, -0.1) is 5.10 Å². The van der Waals surface area contributed by atoms with Gasteiger partial charge in [0.05, 0.1) is 17.6 Å². The van der Waals surface area contributed by atoms with Gasteiger partial charge < -0.3 is 4.57 Å². The van der Waals surface area contributed by atoms with E-state index in [0.717, 1.165) is 40.0 Å². The van der Waals surface area contributed by atoms with Gasteiger partial charge in [-0.2, -0.15) is 22.0 Å². The molecule has 0 amide bonds. The third-order valence-electron chi connectivity index (χ3n) is 6.05. The average molecular weight is 598 g/mol. The van der Waals surface area contributed by atoms with E-state index in [1.807, 2.05) is 0 Å². The van der Waals surface area contributed by atoms with Crippen LogP contribution in [0.3, 0.4) is 0 Å². The van der Waals surface area contributed by atoms with E-state index < -0.39 is 38.9 Å². The molecule has 14 heteroatoms. The van der Waals surface area contributed by atoms with Gasteiger partial charge >= 0.3 is 12.1 Å². The van der Waals surface area contributed by atoms with Crippen LogP contribution in [0.25, 0.3) is 16.9 Å². The number of sulfone groups is 1. The first-order valence-electron chi connectivity index (χ1n) is 11.4. The number of alkyl halides is 5. The molecule has 0 saturated carbocycles. The van der Waals surface area contributed by atoms with Crippen molar-refractivity contribution < 1.29 is 30.4 Å². The molecular formula is C26H21ClF5N5O2S. The number of hydrogen-bond acceptors (Lipinski definition) is 5. The van der Waals surface area contributed by atoms with Gasteiger partial charge in [0.15, 0.2) is 15.5 Å². The molecule has 210 valence electrons. The fourth-order valence-electron chi connectivity index (χ4n) is 3.82. The molecule has 40 heavy (non-hydrogen) atoms. The molecule has 0 bridgehead atoms. The second kappa shape index (κ2) is 10.3. The molecule has 0 atom stereocenters. The summed E-state index contributed by atoms with van der Waals surface area (Å²) in [7, 11) is -3.54. The number of allylic oxidation sites excluding steroid dienone is 3. The number of aryl methyl sites for hydroxylation is 1. The SMILES string of the molecule is C=C(/C=C(\C)S(C)(=O)=O)c1ccc(-n2cc(C(F)(F)F)nc2C)c(-n2nncc2C(F)(F)c2ccc(Cl)cc2)c1. The lowest BCUT2D eigenvalue weighted by Gasteiger charge is -2.20. The summed E-state index contributed by atoms with van der Waals surface area (Å²) in [6, 6.07) is 9.04. The molecule has 0 radical (unpaired) electrons. The van der Waals surface area contributed by atoms with Gasteiger partial charge in [-0.3, -0.25) is 0 Å². The normalized spacial score (nSPS) is 13.1. The van der Waals surface area contributed by atoms with Crippen molar-refractivity contribution >= 4 is 27.0 Å². The van der Waals surface area contributed by atoms with E-state index in [1.165, 1.54) is 50.3 Å². The molecule has 0 N–H and O–H groups in total. The molecule has 2 aromatic heterocycles. The fourth-order valence-corrected chi connectivity index (χ4v) is 4.30. The van der Waals surface area contributed by atoms with Gasteiger partial charge in [0.25, 0.3) is 0 Å². The van der Waals surface area contributed by atoms with Crippen LogP contribution in [0.5, 0.6) is 0 Å². The Morgan fingerprint density at radius 1 is 1.05 bits per heavy atom. The highest BCUT2D eigenvalue weighted by Crippen LogP contribution is 2.38. The first-order valence-corrected chi connectivity index (χ1v) is 13.7. The molecule has 0 spiro atoms. The van der Waals surface area contributed by atoms with Crippen molar-refractivity contribution in [2.45, 2.75) is 25.9 Å². The van der Waals surface area contributed by atoms with Crippen molar-refractivity contribution in [3.05, 3.63) is 106 Å². The third-order valence-corrected chi connectivity index (χ3v) is 7.59. The Kier molecular flexibility index (Phi) is 7.50. The van der Waals surface area contributed by atoms with Crippen molar-refractivity contribution in [2.24, 2.45) is 0 Å². The highest BCUT2D eigenvalue weighted by atomic mass is 35.5. The number of nitrogens with zero attached hydrogens (tertiary/aromatic N) is 5. The Bertz CT molecular complexity index is 1740. The minimum absolute atomic E-state index is 0.000818. The third kappa shape index (κ3) is 5.70. The molecule has 0 fully saturated rings. The van der Waals surface area contributed by atoms with Crippen LogP contribution in [0, 0.1) is 6.92 Å². The number of aromatic nitrogens is 5. The monoisotopic (exact) mass is 597 g/mol. The lowest BCUT2D eigenvalue weighted by atomic mass is 10.0. The molecule has 7 nitrogen and oxygen atoms in total. The van der Waals surface area contributed by atoms with E-state index in [4.69, 9.17) is 11.6 Å². The van der Waals surface area contributed by atoms with Crippen LogP contribution < -0.4 is 0 Å². The topological polar surface area (TPSA) is 82.7 Å². The highest BCUT2D eigenvalue weighted by Gasteiger charge is 2.39. The van der Waals surface area contributed by atoms with Gasteiger partial charge in [0, 0.05) is 27.9 Å². The minimum Gasteiger partial charge on any atom is -0.301 e. The van der Waals surface area contributed by atoms with Crippen LogP contribution in [0.1, 0.15) is 35.3 Å². The average Bonchev–Trinajstić information content (AvgIpc) is 3.51. The molecule has 0 aliphatic rings. The summed E-state index contributed by atoms with van der Waals surface area (Å²) in [6.07, 6.45) is -0.859. The zero-order valence-corrected chi connectivity index (χ0v) is 22.8.